The topological polar surface area (TPSA) is 366 Å². The number of nitrogens with two attached hydrogens (primary N) is 1. The maximum absolute atomic E-state index is 13.7. The number of ketones is 6. The molecule has 10 rings (SSSR count). The number of benzene rings is 4. The van der Waals surface area contributed by atoms with E-state index in [9.17, 15) is 83.5 Å². The summed E-state index contributed by atoms with van der Waals surface area (Å²) in [6, 6.07) is 7.75. The number of methoxy groups -OCH3 is 2. The van der Waals surface area contributed by atoms with Crippen LogP contribution >= 0.6 is 0 Å². The Bertz CT molecular complexity index is 3220. The highest BCUT2D eigenvalue weighted by molar-refractivity contribution is 6.32. The molecule has 24 heteroatoms. The van der Waals surface area contributed by atoms with Gasteiger partial charge in [-0.2, -0.15) is 0 Å². The van der Waals surface area contributed by atoms with Gasteiger partial charge in [-0.1, -0.05) is 31.2 Å². The summed E-state index contributed by atoms with van der Waals surface area (Å²) in [4.78, 5) is 79.4. The normalized spacial score (nSPS) is 29.6. The number of carbonyl (C=O) groups excluding carboxylic acids is 6. The number of ether oxygens (including phenoxy) is 6. The van der Waals surface area contributed by atoms with E-state index < -0.39 is 198 Å². The number of hydrogen-bond donors (Lipinski definition) is 10. The number of halogens is 2. The molecular weight excluding hydrogens is 1050 g/mol. The molecule has 12 atom stereocenters. The number of Topliss-reactive ketones (excluding diaryl/α,β-unsaturated/α-hetero) is 2. The third-order valence-electron chi connectivity index (χ3n) is 15.9. The molecule has 4 aromatic carbocycles. The van der Waals surface area contributed by atoms with Crippen molar-refractivity contribution in [2.45, 2.75) is 119 Å². The van der Waals surface area contributed by atoms with Crippen molar-refractivity contribution < 1.29 is 112 Å². The summed E-state index contributed by atoms with van der Waals surface area (Å²) in [6.45, 7) is -0.339. The van der Waals surface area contributed by atoms with Gasteiger partial charge in [-0.05, 0) is 25.0 Å². The van der Waals surface area contributed by atoms with Crippen LogP contribution in [0.25, 0.3) is 0 Å². The molecule has 2 aliphatic heterocycles. The van der Waals surface area contributed by atoms with Crippen molar-refractivity contribution >= 4 is 34.7 Å². The van der Waals surface area contributed by atoms with Crippen molar-refractivity contribution in [1.29, 1.82) is 0 Å². The first-order valence-electron chi connectivity index (χ1n) is 25.1. The highest BCUT2D eigenvalue weighted by Gasteiger charge is 2.52. The maximum Gasteiger partial charge on any atom is 0.202 e. The second-order valence-electron chi connectivity index (χ2n) is 20.6. The first-order valence-corrected chi connectivity index (χ1v) is 25.1. The molecule has 2 saturated heterocycles. The van der Waals surface area contributed by atoms with Gasteiger partial charge in [-0.25, -0.2) is 8.78 Å². The molecule has 6 aliphatic rings. The van der Waals surface area contributed by atoms with Crippen LogP contribution in [-0.2, 0) is 41.4 Å². The molecule has 0 radical (unpaired) electrons. The van der Waals surface area contributed by atoms with Crippen LogP contribution in [0.15, 0.2) is 36.4 Å². The van der Waals surface area contributed by atoms with Crippen LogP contribution in [0, 0.1) is 5.92 Å². The lowest BCUT2D eigenvalue weighted by atomic mass is 9.72. The number of carbonyl (C=O) groups is 6. The van der Waals surface area contributed by atoms with E-state index in [1.54, 1.807) is 6.92 Å². The SMILES string of the molecule is COc1cccc2c1C(=O)c1c(O)c3c(c(O)c1C2=O)CC(O)(C(=O)CO)CC3OC1CC(C)C(O)C(CF)O1.COc1cccc2c1C(=O)c1c(O)c3c(c(O)c1C2=O)CC(O)(C(C)=O)CC3OC1CC(N)C(O)C(CF)O1. The van der Waals surface area contributed by atoms with Crippen molar-refractivity contribution in [1.82, 2.24) is 0 Å². The fraction of sp³-hybridized carbons (Fsp3) is 0.455. The van der Waals surface area contributed by atoms with E-state index in [0.29, 0.717) is 0 Å². The first kappa shape index (κ1) is 56.9. The first-order chi connectivity index (χ1) is 37.4. The lowest BCUT2D eigenvalue weighted by Gasteiger charge is -2.42. The van der Waals surface area contributed by atoms with Gasteiger partial charge in [0.15, 0.2) is 35.7 Å². The second kappa shape index (κ2) is 21.3. The van der Waals surface area contributed by atoms with E-state index in [4.69, 9.17) is 34.2 Å². The summed E-state index contributed by atoms with van der Waals surface area (Å²) in [5.41, 5.74) is -1.40. The van der Waals surface area contributed by atoms with Gasteiger partial charge in [0.2, 0.25) is 11.6 Å². The number of hydrogen-bond acceptors (Lipinski definition) is 22. The van der Waals surface area contributed by atoms with Gasteiger partial charge >= 0.3 is 0 Å². The van der Waals surface area contributed by atoms with Crippen LogP contribution in [0.4, 0.5) is 8.78 Å². The molecule has 4 aliphatic carbocycles. The molecule has 0 spiro atoms. The summed E-state index contributed by atoms with van der Waals surface area (Å²) < 4.78 is 60.5. The minimum absolute atomic E-state index is 0.0487. The zero-order valence-corrected chi connectivity index (χ0v) is 42.9. The summed E-state index contributed by atoms with van der Waals surface area (Å²) in [7, 11) is 2.62. The lowest BCUT2D eigenvalue weighted by Crippen LogP contribution is -2.54. The van der Waals surface area contributed by atoms with E-state index in [0.717, 1.165) is 6.92 Å². The predicted molar refractivity (Wildman–Crippen MR) is 264 cm³/mol. The van der Waals surface area contributed by atoms with E-state index in [-0.39, 0.29) is 68.8 Å². The third kappa shape index (κ3) is 9.31. The fourth-order valence-corrected chi connectivity index (χ4v) is 11.6. The highest BCUT2D eigenvalue weighted by Crippen LogP contribution is 2.55. The van der Waals surface area contributed by atoms with Crippen LogP contribution < -0.4 is 15.2 Å². The van der Waals surface area contributed by atoms with Crippen molar-refractivity contribution in [2.24, 2.45) is 11.7 Å². The van der Waals surface area contributed by atoms with Crippen LogP contribution in [0.3, 0.4) is 0 Å². The summed E-state index contributed by atoms with van der Waals surface area (Å²) in [5.74, 6) is -7.90. The summed E-state index contributed by atoms with van der Waals surface area (Å²) >= 11 is 0. The molecule has 0 aromatic heterocycles. The quantitative estimate of drug-likeness (QED) is 0.0832. The molecule has 2 fully saturated rings. The van der Waals surface area contributed by atoms with Crippen molar-refractivity contribution in [3.63, 3.8) is 0 Å². The monoisotopic (exact) mass is 1110 g/mol. The van der Waals surface area contributed by atoms with Crippen LogP contribution in [-0.4, -0.2) is 169 Å². The molecule has 2 heterocycles. The number of aromatic hydroxyl groups is 4. The molecular formula is C55H57F2NO21. The van der Waals surface area contributed by atoms with Crippen molar-refractivity contribution in [2.75, 3.05) is 34.2 Å². The van der Waals surface area contributed by atoms with Crippen LogP contribution in [0.2, 0.25) is 0 Å². The molecule has 79 heavy (non-hydrogen) atoms. The average molecular weight is 1110 g/mol. The molecule has 422 valence electrons. The molecule has 11 N–H and O–H groups in total. The van der Waals surface area contributed by atoms with Gasteiger partial charge in [0, 0.05) is 77.9 Å². The van der Waals surface area contributed by atoms with E-state index in [2.05, 4.69) is 0 Å². The highest BCUT2D eigenvalue weighted by atomic mass is 19.1. The van der Waals surface area contributed by atoms with Gasteiger partial charge in [0.25, 0.3) is 0 Å². The molecule has 0 bridgehead atoms. The number of aliphatic hydroxyl groups is 5. The van der Waals surface area contributed by atoms with E-state index in [1.165, 1.54) is 50.6 Å². The smallest absolute Gasteiger partial charge is 0.202 e. The largest absolute Gasteiger partial charge is 0.507 e. The number of phenols is 4. The number of fused-ring (bicyclic) bond motifs is 6. The van der Waals surface area contributed by atoms with E-state index in [1.807, 2.05) is 0 Å². The Morgan fingerprint density at radius 1 is 0.646 bits per heavy atom. The number of phenolic OH excluding ortho intramolecular Hbond substituents is 4. The van der Waals surface area contributed by atoms with Gasteiger partial charge < -0.3 is 80.1 Å². The van der Waals surface area contributed by atoms with E-state index >= 15 is 0 Å². The minimum atomic E-state index is -2.29. The fourth-order valence-electron chi connectivity index (χ4n) is 11.6. The Morgan fingerprint density at radius 2 is 1.06 bits per heavy atom. The average Bonchev–Trinajstić information content (AvgIpc) is 3.50. The van der Waals surface area contributed by atoms with Crippen LogP contribution in [0.5, 0.6) is 34.5 Å². The molecule has 22 nitrogen and oxygen atoms in total. The predicted octanol–water partition coefficient (Wildman–Crippen LogP) is 2.24. The Morgan fingerprint density at radius 3 is 1.49 bits per heavy atom. The molecule has 0 saturated carbocycles. The van der Waals surface area contributed by atoms with Gasteiger partial charge in [-0.15, -0.1) is 0 Å². The lowest BCUT2D eigenvalue weighted by molar-refractivity contribution is -0.261. The van der Waals surface area contributed by atoms with Gasteiger partial charge in [0.05, 0.1) is 72.0 Å². The Balaban J connectivity index is 0.000000192. The Kier molecular flexibility index (Phi) is 15.4. The minimum Gasteiger partial charge on any atom is -0.507 e. The molecule has 0 amide bonds. The van der Waals surface area contributed by atoms with Gasteiger partial charge in [0.1, 0.15) is 77.9 Å². The summed E-state index contributed by atoms with van der Waals surface area (Å²) in [6.07, 6.45) is -12.1. The third-order valence-corrected chi connectivity index (χ3v) is 15.9. The maximum atomic E-state index is 13.7. The summed E-state index contributed by atoms with van der Waals surface area (Å²) in [5, 5.41) is 97.8. The number of alkyl halides is 2. The zero-order chi connectivity index (χ0) is 57.5. The number of rotatable bonds is 11. The molecule has 12 unspecified atom stereocenters. The Labute approximate surface area is 447 Å². The number of aliphatic hydroxyl groups excluding tert-OH is 3. The van der Waals surface area contributed by atoms with Crippen LogP contribution in [0.1, 0.15) is 138 Å². The van der Waals surface area contributed by atoms with Gasteiger partial charge in [-0.3, -0.25) is 28.8 Å². The second-order valence-corrected chi connectivity index (χ2v) is 20.6. The standard InChI is InChI=1S/C28H29FO11.C27H28FNO10/c1-11-6-18(40-16(9-29)23(11)32)39-15-8-28(37,17(31)10-30)7-13-20(15)27(36)22-21(25(13)34)24(33)12-4-3-5-14(38-2)19(12)26(22)35;1-10(30)27(36)7-12-19(15(8-27)38-17-6-13(29)24(33)16(9-28)39-17)26(35)21-20(23(12)32)22(31)11-4-3-5-14(37-2)18(11)25(21)34/h3-5,11,15-16,18,23,30,32,34,36-37H,6-10H2,1-2H3;3-5,13,15-17,24,32-33,35-36H,6-9,29H2,1-2H3. The Hall–Kier alpha value is -6.84. The zero-order valence-electron chi connectivity index (χ0n) is 42.9. The van der Waals surface area contributed by atoms with Crippen molar-refractivity contribution in [3.8, 4) is 34.5 Å². The molecule has 4 aromatic rings. The van der Waals surface area contributed by atoms with Crippen molar-refractivity contribution in [3.05, 3.63) is 103 Å².